The summed E-state index contributed by atoms with van der Waals surface area (Å²) in [5, 5.41) is 7.63. The van der Waals surface area contributed by atoms with E-state index in [0.29, 0.717) is 5.56 Å². The Bertz CT molecular complexity index is 750. The quantitative estimate of drug-likeness (QED) is 0.658. The number of hydrogen-bond acceptors (Lipinski definition) is 3. The average molecular weight is 343 g/mol. The summed E-state index contributed by atoms with van der Waals surface area (Å²) in [5.74, 6) is -1.62. The number of rotatable bonds is 7. The van der Waals surface area contributed by atoms with Crippen molar-refractivity contribution in [2.45, 2.75) is 0 Å². The molecule has 6 nitrogen and oxygen atoms in total. The summed E-state index contributed by atoms with van der Waals surface area (Å²) >= 11 is 0. The molecule has 0 aromatic heterocycles. The first kappa shape index (κ1) is 18.1. The average Bonchev–Trinajstić information content (AvgIpc) is 2.63. The summed E-state index contributed by atoms with van der Waals surface area (Å²) in [5.41, 5.74) is 0.680. The second kappa shape index (κ2) is 9.17. The van der Waals surface area contributed by atoms with Crippen LogP contribution in [0.5, 0.6) is 0 Å². The standard InChI is InChI=1S/C18H18FN3O3/c19-15-8-4-7-14(11-15)18(25)21-10-9-20-16(23)12-22-17(24)13-5-2-1-3-6-13/h1-8,11H,9-10,12H2,(H,20,23)(H,21,25)(H,22,24). The van der Waals surface area contributed by atoms with Crippen molar-refractivity contribution in [2.24, 2.45) is 0 Å². The lowest BCUT2D eigenvalue weighted by atomic mass is 10.2. The molecule has 0 radical (unpaired) electrons. The van der Waals surface area contributed by atoms with Gasteiger partial charge in [0.1, 0.15) is 5.82 Å². The first-order chi connectivity index (χ1) is 12.1. The van der Waals surface area contributed by atoms with Crippen LogP contribution in [0.3, 0.4) is 0 Å². The first-order valence-electron chi connectivity index (χ1n) is 7.70. The molecule has 0 heterocycles. The van der Waals surface area contributed by atoms with Crippen LogP contribution in [0.1, 0.15) is 20.7 Å². The molecule has 0 unspecified atom stereocenters. The van der Waals surface area contributed by atoms with E-state index in [9.17, 15) is 18.8 Å². The zero-order valence-electron chi connectivity index (χ0n) is 13.4. The van der Waals surface area contributed by atoms with Crippen LogP contribution >= 0.6 is 0 Å². The van der Waals surface area contributed by atoms with Gasteiger partial charge in [-0.05, 0) is 30.3 Å². The van der Waals surface area contributed by atoms with Gasteiger partial charge in [-0.3, -0.25) is 14.4 Å². The van der Waals surface area contributed by atoms with Crippen LogP contribution in [0.4, 0.5) is 4.39 Å². The minimum absolute atomic E-state index is 0.161. The number of benzene rings is 2. The van der Waals surface area contributed by atoms with E-state index in [-0.39, 0.29) is 37.0 Å². The van der Waals surface area contributed by atoms with Crippen molar-refractivity contribution in [3.05, 3.63) is 71.5 Å². The monoisotopic (exact) mass is 343 g/mol. The van der Waals surface area contributed by atoms with E-state index >= 15 is 0 Å². The van der Waals surface area contributed by atoms with Gasteiger partial charge in [0.15, 0.2) is 0 Å². The fourth-order valence-corrected chi connectivity index (χ4v) is 2.02. The highest BCUT2D eigenvalue weighted by atomic mass is 19.1. The van der Waals surface area contributed by atoms with E-state index in [1.54, 1.807) is 30.3 Å². The molecule has 3 N–H and O–H groups in total. The summed E-state index contributed by atoms with van der Waals surface area (Å²) in [6.45, 7) is 0.223. The van der Waals surface area contributed by atoms with Crippen molar-refractivity contribution in [1.29, 1.82) is 0 Å². The molecule has 2 aromatic carbocycles. The van der Waals surface area contributed by atoms with Crippen LogP contribution in [0.25, 0.3) is 0 Å². The third-order valence-corrected chi connectivity index (χ3v) is 3.27. The van der Waals surface area contributed by atoms with Crippen LogP contribution in [0.15, 0.2) is 54.6 Å². The summed E-state index contributed by atoms with van der Waals surface area (Å²) < 4.78 is 13.0. The second-order valence-electron chi connectivity index (χ2n) is 5.16. The van der Waals surface area contributed by atoms with Crippen molar-refractivity contribution in [1.82, 2.24) is 16.0 Å². The number of carbonyl (C=O) groups excluding carboxylic acids is 3. The smallest absolute Gasteiger partial charge is 0.251 e. The molecular formula is C18H18FN3O3. The van der Waals surface area contributed by atoms with Gasteiger partial charge in [0.25, 0.3) is 11.8 Å². The highest BCUT2D eigenvalue weighted by Crippen LogP contribution is 2.02. The van der Waals surface area contributed by atoms with Crippen LogP contribution in [-0.4, -0.2) is 37.4 Å². The summed E-state index contributed by atoms with van der Waals surface area (Å²) in [6, 6.07) is 13.9. The molecule has 0 fully saturated rings. The molecule has 0 saturated carbocycles. The van der Waals surface area contributed by atoms with Crippen LogP contribution in [0.2, 0.25) is 0 Å². The predicted molar refractivity (Wildman–Crippen MR) is 90.5 cm³/mol. The van der Waals surface area contributed by atoms with Gasteiger partial charge in [-0.2, -0.15) is 0 Å². The molecule has 0 aliphatic carbocycles. The van der Waals surface area contributed by atoms with Gasteiger partial charge in [0.05, 0.1) is 6.54 Å². The SMILES string of the molecule is O=C(CNC(=O)c1ccccc1)NCCNC(=O)c1cccc(F)c1. The molecule has 0 saturated heterocycles. The Morgan fingerprint density at radius 2 is 1.40 bits per heavy atom. The number of nitrogens with one attached hydrogen (secondary N) is 3. The summed E-state index contributed by atoms with van der Waals surface area (Å²) in [6.07, 6.45) is 0. The van der Waals surface area contributed by atoms with Crippen molar-refractivity contribution in [3.63, 3.8) is 0 Å². The third kappa shape index (κ3) is 6.06. The molecule has 0 spiro atoms. The van der Waals surface area contributed by atoms with Crippen molar-refractivity contribution in [3.8, 4) is 0 Å². The highest BCUT2D eigenvalue weighted by Gasteiger charge is 2.08. The van der Waals surface area contributed by atoms with Crippen LogP contribution in [-0.2, 0) is 4.79 Å². The Morgan fingerprint density at radius 3 is 2.12 bits per heavy atom. The first-order valence-corrected chi connectivity index (χ1v) is 7.70. The molecule has 7 heteroatoms. The Morgan fingerprint density at radius 1 is 0.760 bits per heavy atom. The molecule has 130 valence electrons. The van der Waals surface area contributed by atoms with E-state index in [0.717, 1.165) is 6.07 Å². The van der Waals surface area contributed by atoms with E-state index in [1.165, 1.54) is 18.2 Å². The highest BCUT2D eigenvalue weighted by molar-refractivity contribution is 5.96. The largest absolute Gasteiger partial charge is 0.353 e. The van der Waals surface area contributed by atoms with Gasteiger partial charge in [0, 0.05) is 24.2 Å². The second-order valence-corrected chi connectivity index (χ2v) is 5.16. The zero-order valence-corrected chi connectivity index (χ0v) is 13.4. The Labute approximate surface area is 144 Å². The normalized spacial score (nSPS) is 9.96. The van der Waals surface area contributed by atoms with Gasteiger partial charge in [-0.1, -0.05) is 24.3 Å². The molecule has 3 amide bonds. The Hall–Kier alpha value is -3.22. The number of amides is 3. The molecule has 0 bridgehead atoms. The molecule has 0 aliphatic heterocycles. The van der Waals surface area contributed by atoms with Gasteiger partial charge in [0.2, 0.25) is 5.91 Å². The molecular weight excluding hydrogens is 325 g/mol. The maximum atomic E-state index is 13.0. The minimum Gasteiger partial charge on any atom is -0.353 e. The maximum absolute atomic E-state index is 13.0. The van der Waals surface area contributed by atoms with Crippen molar-refractivity contribution in [2.75, 3.05) is 19.6 Å². The van der Waals surface area contributed by atoms with Gasteiger partial charge in [-0.15, -0.1) is 0 Å². The molecule has 2 aromatic rings. The van der Waals surface area contributed by atoms with Crippen molar-refractivity contribution < 1.29 is 18.8 Å². The number of hydrogen-bond donors (Lipinski definition) is 3. The predicted octanol–water partition coefficient (Wildman–Crippen LogP) is 1.10. The number of halogens is 1. The Kier molecular flexibility index (Phi) is 6.65. The molecule has 25 heavy (non-hydrogen) atoms. The van der Waals surface area contributed by atoms with Gasteiger partial charge < -0.3 is 16.0 Å². The van der Waals surface area contributed by atoms with Gasteiger partial charge in [-0.25, -0.2) is 4.39 Å². The van der Waals surface area contributed by atoms with E-state index in [2.05, 4.69) is 16.0 Å². The molecule has 2 rings (SSSR count). The molecule has 0 aliphatic rings. The van der Waals surface area contributed by atoms with E-state index < -0.39 is 11.7 Å². The molecule has 0 atom stereocenters. The fourth-order valence-electron chi connectivity index (χ4n) is 2.02. The maximum Gasteiger partial charge on any atom is 0.251 e. The zero-order chi connectivity index (χ0) is 18.1. The fraction of sp³-hybridized carbons (Fsp3) is 0.167. The lowest BCUT2D eigenvalue weighted by Gasteiger charge is -2.08. The van der Waals surface area contributed by atoms with E-state index in [1.807, 2.05) is 0 Å². The lowest BCUT2D eigenvalue weighted by molar-refractivity contribution is -0.120. The minimum atomic E-state index is -0.491. The van der Waals surface area contributed by atoms with Crippen LogP contribution in [0, 0.1) is 5.82 Å². The number of carbonyl (C=O) groups is 3. The van der Waals surface area contributed by atoms with Crippen LogP contribution < -0.4 is 16.0 Å². The van der Waals surface area contributed by atoms with Crippen molar-refractivity contribution >= 4 is 17.7 Å². The van der Waals surface area contributed by atoms with E-state index in [4.69, 9.17) is 0 Å². The Balaban J connectivity index is 1.64. The summed E-state index contributed by atoms with van der Waals surface area (Å²) in [4.78, 5) is 35.2. The lowest BCUT2D eigenvalue weighted by Crippen LogP contribution is -2.40. The summed E-state index contributed by atoms with van der Waals surface area (Å²) in [7, 11) is 0. The topological polar surface area (TPSA) is 87.3 Å². The van der Waals surface area contributed by atoms with Gasteiger partial charge >= 0.3 is 0 Å². The third-order valence-electron chi connectivity index (χ3n) is 3.27.